The molecule has 2 rings (SSSR count). The summed E-state index contributed by atoms with van der Waals surface area (Å²) in [5.41, 5.74) is 1.07. The molecule has 1 aliphatic rings. The first-order valence-electron chi connectivity index (χ1n) is 11.0. The minimum Gasteiger partial charge on any atom is -0.481 e. The molecule has 12 heteroatoms. The average Bonchev–Trinajstić information content (AvgIpc) is 2.76. The Bertz CT molecular complexity index is 1070. The minimum atomic E-state index is -4.00. The van der Waals surface area contributed by atoms with Gasteiger partial charge in [-0.15, -0.1) is 0 Å². The summed E-state index contributed by atoms with van der Waals surface area (Å²) in [6.07, 6.45) is -0.641. The molecule has 194 valence electrons. The van der Waals surface area contributed by atoms with Crippen molar-refractivity contribution < 1.29 is 33.1 Å². The zero-order chi connectivity index (χ0) is 26.4. The Morgan fingerprint density at radius 1 is 1.26 bits per heavy atom. The number of hydrogen-bond acceptors (Lipinski definition) is 7. The highest BCUT2D eigenvalue weighted by atomic mass is 32.2. The second kappa shape index (κ2) is 11.5. The fraction of sp³-hybridized carbons (Fsp3) is 0.565. The number of carbonyl (C=O) groups excluding carboxylic acids is 1. The summed E-state index contributed by atoms with van der Waals surface area (Å²) >= 11 is 1.47. The van der Waals surface area contributed by atoms with E-state index >= 15 is 0 Å². The molecule has 1 aromatic rings. The highest BCUT2D eigenvalue weighted by Gasteiger charge is 2.48. The Morgan fingerprint density at radius 3 is 2.43 bits per heavy atom. The molecule has 2 amide bonds. The minimum absolute atomic E-state index is 0.00492. The molecule has 1 atom stereocenters. The molecule has 1 fully saturated rings. The smallest absolute Gasteiger partial charge is 0.407 e. The Morgan fingerprint density at radius 2 is 1.89 bits per heavy atom. The largest absolute Gasteiger partial charge is 0.481 e. The van der Waals surface area contributed by atoms with Crippen molar-refractivity contribution in [2.45, 2.75) is 62.3 Å². The third-order valence-electron chi connectivity index (χ3n) is 5.46. The van der Waals surface area contributed by atoms with Gasteiger partial charge in [0, 0.05) is 35.5 Å². The molecule has 0 bridgehead atoms. The van der Waals surface area contributed by atoms with Gasteiger partial charge in [-0.05, 0) is 58.9 Å². The number of carboxylic acid groups (broad SMARTS) is 1. The van der Waals surface area contributed by atoms with Crippen LogP contribution in [0.5, 0.6) is 5.75 Å². The first-order chi connectivity index (χ1) is 16.2. The van der Waals surface area contributed by atoms with Crippen molar-refractivity contribution in [3.8, 4) is 17.6 Å². The lowest BCUT2D eigenvalue weighted by Gasteiger charge is -2.43. The monoisotopic (exact) mass is 527 g/mol. The van der Waals surface area contributed by atoms with Crippen LogP contribution in [0, 0.1) is 11.8 Å². The van der Waals surface area contributed by atoms with Gasteiger partial charge in [0.1, 0.15) is 18.4 Å². The lowest BCUT2D eigenvalue weighted by atomic mass is 10.0. The zero-order valence-electron chi connectivity index (χ0n) is 20.6. The van der Waals surface area contributed by atoms with Gasteiger partial charge in [-0.2, -0.15) is 16.1 Å². The van der Waals surface area contributed by atoms with Crippen LogP contribution in [0.1, 0.15) is 41.0 Å². The van der Waals surface area contributed by atoms with E-state index in [4.69, 9.17) is 9.94 Å². The van der Waals surface area contributed by atoms with Gasteiger partial charge in [-0.1, -0.05) is 11.8 Å². The number of ether oxygens (including phenoxy) is 1. The molecule has 1 unspecified atom stereocenters. The molecule has 0 saturated carbocycles. The number of nitrogens with one attached hydrogen (secondary N) is 1. The van der Waals surface area contributed by atoms with E-state index in [9.17, 15) is 23.1 Å². The number of hydrogen-bond donors (Lipinski definition) is 3. The summed E-state index contributed by atoms with van der Waals surface area (Å²) < 4.78 is 32.5. The van der Waals surface area contributed by atoms with Crippen LogP contribution < -0.4 is 10.2 Å². The van der Waals surface area contributed by atoms with Crippen LogP contribution in [0.4, 0.5) is 4.79 Å². The van der Waals surface area contributed by atoms with Crippen LogP contribution >= 0.6 is 11.8 Å². The number of sulfonamides is 1. The molecule has 10 nitrogen and oxygen atoms in total. The maximum Gasteiger partial charge on any atom is 0.407 e. The van der Waals surface area contributed by atoms with Gasteiger partial charge in [-0.3, -0.25) is 10.0 Å². The Kier molecular flexibility index (Phi) is 9.47. The van der Waals surface area contributed by atoms with Crippen molar-refractivity contribution in [2.24, 2.45) is 0 Å². The van der Waals surface area contributed by atoms with E-state index in [0.29, 0.717) is 17.9 Å². The number of benzene rings is 1. The van der Waals surface area contributed by atoms with Gasteiger partial charge in [0.25, 0.3) is 5.91 Å². The summed E-state index contributed by atoms with van der Waals surface area (Å²) in [6.45, 7) is 9.44. The SMILES string of the molecule is CC1(C)SCCN(S(=O)(=O)c2ccc(OCC#CCCN(C(=O)O)C(C)(C)C)cc2)C1C(=O)NO. The highest BCUT2D eigenvalue weighted by molar-refractivity contribution is 8.00. The fourth-order valence-electron chi connectivity index (χ4n) is 3.71. The van der Waals surface area contributed by atoms with Crippen LogP contribution in [0.25, 0.3) is 0 Å². The van der Waals surface area contributed by atoms with Crippen molar-refractivity contribution in [1.82, 2.24) is 14.7 Å². The van der Waals surface area contributed by atoms with E-state index in [-0.39, 0.29) is 24.6 Å². The van der Waals surface area contributed by atoms with Crippen molar-refractivity contribution >= 4 is 33.8 Å². The number of hydroxylamine groups is 1. The lowest BCUT2D eigenvalue weighted by molar-refractivity contribution is -0.134. The van der Waals surface area contributed by atoms with E-state index in [1.165, 1.54) is 40.9 Å². The summed E-state index contributed by atoms with van der Waals surface area (Å²) in [6, 6.07) is 4.73. The zero-order valence-corrected chi connectivity index (χ0v) is 22.2. The van der Waals surface area contributed by atoms with Gasteiger partial charge < -0.3 is 14.7 Å². The number of amides is 2. The average molecular weight is 528 g/mol. The number of nitrogens with zero attached hydrogens (tertiary/aromatic N) is 2. The second-order valence-corrected chi connectivity index (χ2v) is 13.1. The van der Waals surface area contributed by atoms with Crippen molar-refractivity contribution in [3.05, 3.63) is 24.3 Å². The van der Waals surface area contributed by atoms with Gasteiger partial charge in [0.2, 0.25) is 10.0 Å². The summed E-state index contributed by atoms with van der Waals surface area (Å²) in [4.78, 5) is 24.9. The lowest BCUT2D eigenvalue weighted by Crippen LogP contribution is -2.61. The molecule has 1 aliphatic heterocycles. The Hall–Kier alpha value is -2.46. The standard InChI is InChI=1S/C23H33N3O7S2/c1-22(2,3)25(21(28)29)13-7-6-8-15-33-17-9-11-18(12-10-17)35(31,32)26-14-16-34-23(4,5)19(26)20(27)24-30/h9-12,19,30H,7,13-16H2,1-5H3,(H,24,27)(H,28,29). The molecule has 0 aliphatic carbocycles. The molecule has 0 radical (unpaired) electrons. The van der Waals surface area contributed by atoms with Crippen LogP contribution in [-0.2, 0) is 14.8 Å². The maximum absolute atomic E-state index is 13.3. The van der Waals surface area contributed by atoms with Crippen molar-refractivity contribution in [2.75, 3.05) is 25.4 Å². The quantitative estimate of drug-likeness (QED) is 0.280. The normalized spacial score (nSPS) is 18.2. The van der Waals surface area contributed by atoms with Crippen LogP contribution in [-0.4, -0.2) is 81.7 Å². The van der Waals surface area contributed by atoms with Gasteiger partial charge in [0.05, 0.1) is 4.90 Å². The predicted molar refractivity (Wildman–Crippen MR) is 133 cm³/mol. The molecule has 35 heavy (non-hydrogen) atoms. The van der Waals surface area contributed by atoms with Crippen LogP contribution in [0.15, 0.2) is 29.2 Å². The van der Waals surface area contributed by atoms with Gasteiger partial charge >= 0.3 is 6.09 Å². The van der Waals surface area contributed by atoms with E-state index in [2.05, 4.69) is 11.8 Å². The van der Waals surface area contributed by atoms with Crippen molar-refractivity contribution in [3.63, 3.8) is 0 Å². The number of rotatable bonds is 7. The molecule has 0 spiro atoms. The van der Waals surface area contributed by atoms with E-state index in [0.717, 1.165) is 4.31 Å². The molecule has 0 aromatic heterocycles. The van der Waals surface area contributed by atoms with E-state index in [1.54, 1.807) is 19.3 Å². The predicted octanol–water partition coefficient (Wildman–Crippen LogP) is 2.63. The number of carbonyl (C=O) groups is 2. The molecule has 1 saturated heterocycles. The molecule has 1 aromatic carbocycles. The van der Waals surface area contributed by atoms with E-state index in [1.807, 2.05) is 20.8 Å². The molecule has 1 heterocycles. The maximum atomic E-state index is 13.3. The van der Waals surface area contributed by atoms with Crippen LogP contribution in [0.3, 0.4) is 0 Å². The fourth-order valence-corrected chi connectivity index (χ4v) is 6.82. The summed E-state index contributed by atoms with van der Waals surface area (Å²) in [5, 5.41) is 18.4. The molecule has 3 N–H and O–H groups in total. The first-order valence-corrected chi connectivity index (χ1v) is 13.4. The third kappa shape index (κ3) is 7.27. The van der Waals surface area contributed by atoms with Gasteiger partial charge in [-0.25, -0.2) is 18.7 Å². The number of thioether (sulfide) groups is 1. The molecular weight excluding hydrogens is 494 g/mol. The first kappa shape index (κ1) is 28.8. The topological polar surface area (TPSA) is 136 Å². The third-order valence-corrected chi connectivity index (χ3v) is 8.69. The van der Waals surface area contributed by atoms with E-state index < -0.39 is 38.4 Å². The van der Waals surface area contributed by atoms with Crippen molar-refractivity contribution in [1.29, 1.82) is 0 Å². The highest BCUT2D eigenvalue weighted by Crippen LogP contribution is 2.38. The summed E-state index contributed by atoms with van der Waals surface area (Å²) in [5.74, 6) is 5.85. The molecular formula is C23H33N3O7S2. The Labute approximate surface area is 211 Å². The van der Waals surface area contributed by atoms with Crippen LogP contribution in [0.2, 0.25) is 0 Å². The summed E-state index contributed by atoms with van der Waals surface area (Å²) in [7, 11) is -4.00. The second-order valence-electron chi connectivity index (χ2n) is 9.41. The Balaban J connectivity index is 2.02. The van der Waals surface area contributed by atoms with Gasteiger partial charge in [0.15, 0.2) is 0 Å².